The average Bonchev–Trinajstić information content (AvgIpc) is 2.28. The highest BCUT2D eigenvalue weighted by molar-refractivity contribution is 5.86. The van der Waals surface area contributed by atoms with Crippen molar-refractivity contribution in [2.75, 3.05) is 18.5 Å². The van der Waals surface area contributed by atoms with Crippen LogP contribution in [0.2, 0.25) is 0 Å². The van der Waals surface area contributed by atoms with Gasteiger partial charge >= 0.3 is 11.7 Å². The van der Waals surface area contributed by atoms with Gasteiger partial charge in [-0.05, 0) is 6.07 Å². The Morgan fingerprint density at radius 1 is 1.71 bits per heavy atom. The van der Waals surface area contributed by atoms with Crippen molar-refractivity contribution in [3.8, 4) is 12.3 Å². The summed E-state index contributed by atoms with van der Waals surface area (Å²) in [6, 6.07) is 2.17. The molecular weight excluding hydrogens is 226 g/mol. The summed E-state index contributed by atoms with van der Waals surface area (Å²) in [6.07, 6.45) is 5.09. The number of hydrogen-bond acceptors (Lipinski definition) is 5. The molecule has 7 heteroatoms. The summed E-state index contributed by atoms with van der Waals surface area (Å²) in [7, 11) is 1.50. The number of nitrogens with zero attached hydrogens (tertiary/aromatic N) is 3. The Balaban J connectivity index is 3.30. The third-order valence-corrected chi connectivity index (χ3v) is 1.96. The van der Waals surface area contributed by atoms with Crippen molar-refractivity contribution in [2.45, 2.75) is 0 Å². The van der Waals surface area contributed by atoms with Crippen LogP contribution in [-0.2, 0) is 0 Å². The van der Waals surface area contributed by atoms with Gasteiger partial charge in [-0.2, -0.15) is 0 Å². The van der Waals surface area contributed by atoms with Crippen molar-refractivity contribution in [3.05, 3.63) is 27.9 Å². The van der Waals surface area contributed by atoms with Crippen LogP contribution in [0, 0.1) is 22.5 Å². The molecule has 0 aromatic carbocycles. The minimum Gasteiger partial charge on any atom is -0.477 e. The molecule has 0 amide bonds. The molecule has 0 bridgehead atoms. The molecule has 1 rings (SSSR count). The molecule has 1 aromatic rings. The summed E-state index contributed by atoms with van der Waals surface area (Å²) >= 11 is 0. The van der Waals surface area contributed by atoms with Crippen LogP contribution in [0.4, 0.5) is 11.5 Å². The second-order valence-electron chi connectivity index (χ2n) is 3.16. The SMILES string of the molecule is C#CCN(C)c1nc(C(=O)O)ccc1[N+](=O)[O-]. The molecule has 0 fully saturated rings. The van der Waals surface area contributed by atoms with Crippen molar-refractivity contribution < 1.29 is 14.8 Å². The molecule has 0 unspecified atom stereocenters. The van der Waals surface area contributed by atoms with E-state index >= 15 is 0 Å². The summed E-state index contributed by atoms with van der Waals surface area (Å²) in [6.45, 7) is 0.0942. The second-order valence-corrected chi connectivity index (χ2v) is 3.16. The third kappa shape index (κ3) is 2.69. The molecule has 1 N–H and O–H groups in total. The van der Waals surface area contributed by atoms with Gasteiger partial charge in [-0.1, -0.05) is 5.92 Å². The quantitative estimate of drug-likeness (QED) is 0.470. The summed E-state index contributed by atoms with van der Waals surface area (Å²) < 4.78 is 0. The Labute approximate surface area is 96.8 Å². The topological polar surface area (TPSA) is 96.6 Å². The minimum atomic E-state index is -1.25. The molecule has 0 radical (unpaired) electrons. The maximum Gasteiger partial charge on any atom is 0.354 e. The van der Waals surface area contributed by atoms with E-state index < -0.39 is 10.9 Å². The van der Waals surface area contributed by atoms with Gasteiger partial charge in [0.25, 0.3) is 0 Å². The van der Waals surface area contributed by atoms with Crippen LogP contribution < -0.4 is 4.90 Å². The lowest BCUT2D eigenvalue weighted by molar-refractivity contribution is -0.384. The molecule has 0 atom stereocenters. The maximum atomic E-state index is 10.8. The summed E-state index contributed by atoms with van der Waals surface area (Å²) in [5, 5.41) is 19.5. The summed E-state index contributed by atoms with van der Waals surface area (Å²) in [5.74, 6) is 0.980. The number of rotatable bonds is 4. The van der Waals surface area contributed by atoms with E-state index in [0.29, 0.717) is 0 Å². The molecule has 88 valence electrons. The molecule has 1 aromatic heterocycles. The fraction of sp³-hybridized carbons (Fsp3) is 0.200. The van der Waals surface area contributed by atoms with Crippen LogP contribution in [0.1, 0.15) is 10.5 Å². The Kier molecular flexibility index (Phi) is 3.62. The molecule has 0 saturated heterocycles. The van der Waals surface area contributed by atoms with Crippen molar-refractivity contribution in [1.82, 2.24) is 4.98 Å². The monoisotopic (exact) mass is 235 g/mol. The first-order valence-corrected chi connectivity index (χ1v) is 4.50. The zero-order chi connectivity index (χ0) is 13.0. The highest BCUT2D eigenvalue weighted by Crippen LogP contribution is 2.24. The van der Waals surface area contributed by atoms with Crippen molar-refractivity contribution in [1.29, 1.82) is 0 Å². The van der Waals surface area contributed by atoms with Gasteiger partial charge in [0, 0.05) is 13.1 Å². The van der Waals surface area contributed by atoms with Crippen molar-refractivity contribution in [2.24, 2.45) is 0 Å². The highest BCUT2D eigenvalue weighted by atomic mass is 16.6. The molecule has 0 aliphatic carbocycles. The lowest BCUT2D eigenvalue weighted by Crippen LogP contribution is -2.20. The van der Waals surface area contributed by atoms with Gasteiger partial charge in [0.05, 0.1) is 11.5 Å². The number of carboxylic acids is 1. The van der Waals surface area contributed by atoms with E-state index in [1.807, 2.05) is 0 Å². The van der Waals surface area contributed by atoms with E-state index in [1.54, 1.807) is 0 Å². The first kappa shape index (κ1) is 12.4. The van der Waals surface area contributed by atoms with Gasteiger partial charge in [0.15, 0.2) is 5.69 Å². The molecule has 7 nitrogen and oxygen atoms in total. The van der Waals surface area contributed by atoms with Crippen LogP contribution in [0.3, 0.4) is 0 Å². The molecule has 0 aliphatic heterocycles. The van der Waals surface area contributed by atoms with E-state index in [9.17, 15) is 14.9 Å². The zero-order valence-corrected chi connectivity index (χ0v) is 8.95. The number of terminal acetylenes is 1. The number of pyridine rings is 1. The summed E-state index contributed by atoms with van der Waals surface area (Å²) in [5.41, 5.74) is -0.553. The molecule has 1 heterocycles. The van der Waals surface area contributed by atoms with Crippen LogP contribution >= 0.6 is 0 Å². The largest absolute Gasteiger partial charge is 0.477 e. The lowest BCUT2D eigenvalue weighted by Gasteiger charge is -2.14. The Morgan fingerprint density at radius 3 is 2.82 bits per heavy atom. The van der Waals surface area contributed by atoms with Gasteiger partial charge in [-0.3, -0.25) is 10.1 Å². The Bertz CT molecular complexity index is 507. The van der Waals surface area contributed by atoms with Gasteiger partial charge < -0.3 is 10.0 Å². The van der Waals surface area contributed by atoms with Crippen LogP contribution in [-0.4, -0.2) is 34.6 Å². The number of aromatic carboxylic acids is 1. The molecular formula is C10H9N3O4. The number of anilines is 1. The molecule has 0 spiro atoms. The predicted molar refractivity (Wildman–Crippen MR) is 60.0 cm³/mol. The number of carbonyl (C=O) groups is 1. The van der Waals surface area contributed by atoms with Gasteiger partial charge in [-0.15, -0.1) is 6.42 Å². The van der Waals surface area contributed by atoms with E-state index in [4.69, 9.17) is 11.5 Å². The van der Waals surface area contributed by atoms with E-state index in [1.165, 1.54) is 11.9 Å². The standard InChI is InChI=1S/C10H9N3O4/c1-3-6-12(2)9-8(13(16)17)5-4-7(11-9)10(14)15/h1,4-5H,6H2,2H3,(H,14,15). The zero-order valence-electron chi connectivity index (χ0n) is 8.95. The number of carboxylic acid groups (broad SMARTS) is 1. The van der Waals surface area contributed by atoms with Crippen molar-refractivity contribution in [3.63, 3.8) is 0 Å². The van der Waals surface area contributed by atoms with Gasteiger partial charge in [0.1, 0.15) is 0 Å². The Morgan fingerprint density at radius 2 is 2.35 bits per heavy atom. The van der Waals surface area contributed by atoms with Crippen LogP contribution in [0.5, 0.6) is 0 Å². The number of hydrogen-bond donors (Lipinski definition) is 1. The fourth-order valence-electron chi connectivity index (χ4n) is 1.20. The van der Waals surface area contributed by atoms with Crippen molar-refractivity contribution >= 4 is 17.5 Å². The van der Waals surface area contributed by atoms with Crippen LogP contribution in [0.25, 0.3) is 0 Å². The highest BCUT2D eigenvalue weighted by Gasteiger charge is 2.20. The van der Waals surface area contributed by atoms with Gasteiger partial charge in [0.2, 0.25) is 5.82 Å². The molecule has 0 saturated carbocycles. The van der Waals surface area contributed by atoms with Gasteiger partial charge in [-0.25, -0.2) is 9.78 Å². The Hall–Kier alpha value is -2.62. The first-order chi connectivity index (χ1) is 7.97. The van der Waals surface area contributed by atoms with E-state index in [-0.39, 0.29) is 23.7 Å². The predicted octanol–water partition coefficient (Wildman–Crippen LogP) is 0.757. The van der Waals surface area contributed by atoms with E-state index in [2.05, 4.69) is 10.9 Å². The van der Waals surface area contributed by atoms with Crippen LogP contribution in [0.15, 0.2) is 12.1 Å². The third-order valence-electron chi connectivity index (χ3n) is 1.96. The first-order valence-electron chi connectivity index (χ1n) is 4.50. The maximum absolute atomic E-state index is 10.8. The molecule has 0 aliphatic rings. The lowest BCUT2D eigenvalue weighted by atomic mass is 10.3. The minimum absolute atomic E-state index is 0.0622. The number of aromatic nitrogens is 1. The normalized spacial score (nSPS) is 9.41. The average molecular weight is 235 g/mol. The fourth-order valence-corrected chi connectivity index (χ4v) is 1.20. The molecule has 17 heavy (non-hydrogen) atoms. The van der Waals surface area contributed by atoms with E-state index in [0.717, 1.165) is 12.1 Å². The smallest absolute Gasteiger partial charge is 0.354 e. The summed E-state index contributed by atoms with van der Waals surface area (Å²) in [4.78, 5) is 25.9. The second kappa shape index (κ2) is 4.94. The number of nitro groups is 1.